The van der Waals surface area contributed by atoms with Gasteiger partial charge in [-0.15, -0.1) is 0 Å². The van der Waals surface area contributed by atoms with E-state index in [1.165, 1.54) is 12.1 Å². The molecule has 0 spiro atoms. The first kappa shape index (κ1) is 13.3. The van der Waals surface area contributed by atoms with Crippen LogP contribution in [0.1, 0.15) is 11.5 Å². The van der Waals surface area contributed by atoms with Gasteiger partial charge >= 0.3 is 6.18 Å². The first-order valence-corrected chi connectivity index (χ1v) is 4.95. The Bertz CT molecular complexity index is 356. The van der Waals surface area contributed by atoms with Gasteiger partial charge in [-0.3, -0.25) is 0 Å². The number of alkyl halides is 3. The lowest BCUT2D eigenvalue weighted by molar-refractivity contribution is -0.209. The maximum Gasteiger partial charge on any atom is 0.414 e. The van der Waals surface area contributed by atoms with E-state index >= 15 is 0 Å². The van der Waals surface area contributed by atoms with Crippen LogP contribution in [0.15, 0.2) is 24.3 Å². The second-order valence-corrected chi connectivity index (χ2v) is 3.76. The normalized spacial score (nSPS) is 15.9. The van der Waals surface area contributed by atoms with Crippen molar-refractivity contribution in [3.8, 4) is 0 Å². The predicted octanol–water partition coefficient (Wildman–Crippen LogP) is 2.31. The number of hydrogen-bond acceptors (Lipinski definition) is 2. The van der Waals surface area contributed by atoms with E-state index in [4.69, 9.17) is 22.4 Å². The molecule has 0 fully saturated rings. The molecule has 3 N–H and O–H groups in total. The maximum atomic E-state index is 12.4. The highest BCUT2D eigenvalue weighted by Gasteiger charge is 2.43. The van der Waals surface area contributed by atoms with Gasteiger partial charge in [-0.2, -0.15) is 13.2 Å². The van der Waals surface area contributed by atoms with Crippen molar-refractivity contribution in [2.75, 3.05) is 6.54 Å². The molecule has 2 atom stereocenters. The first-order chi connectivity index (χ1) is 7.38. The van der Waals surface area contributed by atoms with E-state index in [1.807, 2.05) is 0 Å². The first-order valence-electron chi connectivity index (χ1n) is 4.57. The third-order valence-corrected chi connectivity index (χ3v) is 2.62. The minimum Gasteiger partial charge on any atom is -0.383 e. The van der Waals surface area contributed by atoms with Crippen LogP contribution in [-0.2, 0) is 0 Å². The van der Waals surface area contributed by atoms with Crippen LogP contribution in [0.25, 0.3) is 0 Å². The van der Waals surface area contributed by atoms with Crippen LogP contribution in [0, 0.1) is 0 Å². The largest absolute Gasteiger partial charge is 0.414 e. The summed E-state index contributed by atoms with van der Waals surface area (Å²) in [6.07, 6.45) is -7.21. The standard InChI is InChI=1S/C10H11ClF3NO/c11-8-4-2-1-3-6(8)7(5-15)9(16)10(12,13)14/h1-4,7,9,16H,5,15H2. The van der Waals surface area contributed by atoms with Crippen LogP contribution in [0.2, 0.25) is 5.02 Å². The summed E-state index contributed by atoms with van der Waals surface area (Å²) in [4.78, 5) is 0. The van der Waals surface area contributed by atoms with E-state index in [9.17, 15) is 13.2 Å². The lowest BCUT2D eigenvalue weighted by Gasteiger charge is -2.24. The minimum atomic E-state index is -4.71. The van der Waals surface area contributed by atoms with Gasteiger partial charge in [-0.25, -0.2) is 0 Å². The van der Waals surface area contributed by atoms with Crippen LogP contribution in [0.5, 0.6) is 0 Å². The Balaban J connectivity index is 3.04. The van der Waals surface area contributed by atoms with Gasteiger partial charge in [0.15, 0.2) is 6.10 Å². The van der Waals surface area contributed by atoms with E-state index in [-0.39, 0.29) is 17.1 Å². The SMILES string of the molecule is NCC(c1ccccc1Cl)C(O)C(F)(F)F. The fraction of sp³-hybridized carbons (Fsp3) is 0.400. The van der Waals surface area contributed by atoms with E-state index in [0.29, 0.717) is 0 Å². The Labute approximate surface area is 95.8 Å². The van der Waals surface area contributed by atoms with Gasteiger partial charge in [0.2, 0.25) is 0 Å². The van der Waals surface area contributed by atoms with Crippen molar-refractivity contribution in [3.63, 3.8) is 0 Å². The summed E-state index contributed by atoms with van der Waals surface area (Å²) in [5, 5.41) is 9.33. The summed E-state index contributed by atoms with van der Waals surface area (Å²) in [5.41, 5.74) is 5.46. The Morgan fingerprint density at radius 2 is 1.88 bits per heavy atom. The zero-order valence-corrected chi connectivity index (χ0v) is 8.96. The lowest BCUT2D eigenvalue weighted by atomic mass is 9.93. The lowest BCUT2D eigenvalue weighted by Crippen LogP contribution is -2.38. The van der Waals surface area contributed by atoms with Crippen molar-refractivity contribution in [2.24, 2.45) is 5.73 Å². The molecule has 0 amide bonds. The van der Waals surface area contributed by atoms with Gasteiger partial charge in [-0.05, 0) is 11.6 Å². The number of rotatable bonds is 3. The predicted molar refractivity (Wildman–Crippen MR) is 55.3 cm³/mol. The number of halogens is 4. The molecule has 1 aromatic rings. The summed E-state index contributed by atoms with van der Waals surface area (Å²) in [6, 6.07) is 6.03. The number of benzene rings is 1. The average Bonchev–Trinajstić information content (AvgIpc) is 2.20. The number of hydrogen-bond donors (Lipinski definition) is 2. The number of nitrogens with two attached hydrogens (primary N) is 1. The van der Waals surface area contributed by atoms with E-state index in [0.717, 1.165) is 0 Å². The molecule has 1 aromatic carbocycles. The van der Waals surface area contributed by atoms with Gasteiger partial charge in [0.1, 0.15) is 0 Å². The summed E-state index contributed by atoms with van der Waals surface area (Å²) < 4.78 is 37.1. The van der Waals surface area contributed by atoms with Crippen molar-refractivity contribution in [1.82, 2.24) is 0 Å². The van der Waals surface area contributed by atoms with Crippen molar-refractivity contribution in [2.45, 2.75) is 18.2 Å². The van der Waals surface area contributed by atoms with Crippen molar-refractivity contribution in [1.29, 1.82) is 0 Å². The molecule has 2 nitrogen and oxygen atoms in total. The Hall–Kier alpha value is -0.780. The molecular formula is C10H11ClF3NO. The van der Waals surface area contributed by atoms with Crippen molar-refractivity contribution < 1.29 is 18.3 Å². The molecule has 0 aromatic heterocycles. The second-order valence-electron chi connectivity index (χ2n) is 3.35. The molecule has 90 valence electrons. The molecule has 2 unspecified atom stereocenters. The smallest absolute Gasteiger partial charge is 0.383 e. The van der Waals surface area contributed by atoms with Gasteiger partial charge < -0.3 is 10.8 Å². The Kier molecular flexibility index (Phi) is 4.18. The highest BCUT2D eigenvalue weighted by Crippen LogP contribution is 2.34. The van der Waals surface area contributed by atoms with Crippen molar-refractivity contribution >= 4 is 11.6 Å². The van der Waals surface area contributed by atoms with Crippen LogP contribution in [0.3, 0.4) is 0 Å². The molecule has 0 bridgehead atoms. The molecule has 16 heavy (non-hydrogen) atoms. The minimum absolute atomic E-state index is 0.168. The van der Waals surface area contributed by atoms with Crippen LogP contribution < -0.4 is 5.73 Å². The molecule has 0 aliphatic rings. The van der Waals surface area contributed by atoms with E-state index < -0.39 is 18.2 Å². The summed E-state index contributed by atoms with van der Waals surface area (Å²) in [5.74, 6) is -1.24. The Morgan fingerprint density at radius 1 is 1.31 bits per heavy atom. The fourth-order valence-electron chi connectivity index (χ4n) is 1.43. The van der Waals surface area contributed by atoms with E-state index in [2.05, 4.69) is 0 Å². The molecule has 0 saturated heterocycles. The fourth-order valence-corrected chi connectivity index (χ4v) is 1.71. The maximum absolute atomic E-state index is 12.4. The molecule has 6 heteroatoms. The highest BCUT2D eigenvalue weighted by molar-refractivity contribution is 6.31. The van der Waals surface area contributed by atoms with Gasteiger partial charge in [0.05, 0.1) is 0 Å². The monoisotopic (exact) mass is 253 g/mol. The van der Waals surface area contributed by atoms with E-state index in [1.54, 1.807) is 12.1 Å². The molecule has 1 rings (SSSR count). The summed E-state index contributed by atoms with van der Waals surface area (Å²) in [6.45, 7) is -0.329. The Morgan fingerprint density at radius 3 is 2.31 bits per heavy atom. The highest BCUT2D eigenvalue weighted by atomic mass is 35.5. The summed E-state index contributed by atoms with van der Waals surface area (Å²) in [7, 11) is 0. The number of aliphatic hydroxyl groups is 1. The summed E-state index contributed by atoms with van der Waals surface area (Å²) >= 11 is 5.76. The van der Waals surface area contributed by atoms with Gasteiger partial charge in [0, 0.05) is 17.5 Å². The quantitative estimate of drug-likeness (QED) is 0.868. The van der Waals surface area contributed by atoms with Crippen LogP contribution in [-0.4, -0.2) is 23.9 Å². The second kappa shape index (κ2) is 5.03. The molecule has 0 aliphatic carbocycles. The molecule has 0 radical (unpaired) electrons. The third-order valence-electron chi connectivity index (χ3n) is 2.28. The van der Waals surface area contributed by atoms with Gasteiger partial charge in [-0.1, -0.05) is 29.8 Å². The zero-order valence-electron chi connectivity index (χ0n) is 8.21. The number of aliphatic hydroxyl groups excluding tert-OH is 1. The topological polar surface area (TPSA) is 46.2 Å². The molecule has 0 aliphatic heterocycles. The van der Waals surface area contributed by atoms with Crippen molar-refractivity contribution in [3.05, 3.63) is 34.9 Å². The van der Waals surface area contributed by atoms with Crippen LogP contribution in [0.4, 0.5) is 13.2 Å². The van der Waals surface area contributed by atoms with Crippen LogP contribution >= 0.6 is 11.6 Å². The molecule has 0 saturated carbocycles. The van der Waals surface area contributed by atoms with Gasteiger partial charge in [0.25, 0.3) is 0 Å². The average molecular weight is 254 g/mol. The molecular weight excluding hydrogens is 243 g/mol. The molecule has 0 heterocycles. The zero-order chi connectivity index (χ0) is 12.3. The third kappa shape index (κ3) is 2.87.